The Bertz CT molecular complexity index is 564. The molecule has 1 aliphatic heterocycles. The van der Waals surface area contributed by atoms with E-state index in [9.17, 15) is 5.11 Å². The smallest absolute Gasteiger partial charge is 0.230 e. The van der Waals surface area contributed by atoms with Gasteiger partial charge in [0.25, 0.3) is 0 Å². The second kappa shape index (κ2) is 6.32. The van der Waals surface area contributed by atoms with E-state index in [1.807, 2.05) is 18.2 Å². The van der Waals surface area contributed by atoms with Crippen molar-refractivity contribution in [1.82, 2.24) is 20.1 Å². The second-order valence-corrected chi connectivity index (χ2v) is 5.53. The van der Waals surface area contributed by atoms with Gasteiger partial charge in [-0.1, -0.05) is 6.07 Å². The molecule has 3 heterocycles. The van der Waals surface area contributed by atoms with Crippen molar-refractivity contribution in [3.8, 4) is 0 Å². The summed E-state index contributed by atoms with van der Waals surface area (Å²) in [5, 5.41) is 18.3. The molecular weight excluding hydrogens is 268 g/mol. The van der Waals surface area contributed by atoms with Gasteiger partial charge in [-0.05, 0) is 44.0 Å². The van der Waals surface area contributed by atoms with Crippen LogP contribution in [0.2, 0.25) is 0 Å². The Morgan fingerprint density at radius 1 is 1.33 bits per heavy atom. The number of aliphatic hydroxyl groups is 1. The van der Waals surface area contributed by atoms with E-state index in [0.717, 1.165) is 31.6 Å². The van der Waals surface area contributed by atoms with Gasteiger partial charge < -0.3 is 9.52 Å². The zero-order valence-electron chi connectivity index (χ0n) is 12.1. The molecule has 0 saturated carbocycles. The van der Waals surface area contributed by atoms with Crippen molar-refractivity contribution in [2.75, 3.05) is 13.1 Å². The minimum absolute atomic E-state index is 0.264. The molecule has 0 bridgehead atoms. The van der Waals surface area contributed by atoms with Gasteiger partial charge >= 0.3 is 0 Å². The number of aromatic nitrogens is 3. The summed E-state index contributed by atoms with van der Waals surface area (Å²) in [6.07, 6.45) is 3.15. The summed E-state index contributed by atoms with van der Waals surface area (Å²) in [7, 11) is 0. The summed E-state index contributed by atoms with van der Waals surface area (Å²) in [5.74, 6) is 1.53. The van der Waals surface area contributed by atoms with Crippen LogP contribution < -0.4 is 0 Å². The van der Waals surface area contributed by atoms with E-state index in [2.05, 4.69) is 20.1 Å². The molecule has 1 aliphatic rings. The Hall–Kier alpha value is -1.79. The van der Waals surface area contributed by atoms with Crippen LogP contribution in [-0.2, 0) is 6.54 Å². The molecule has 0 amide bonds. The topological polar surface area (TPSA) is 75.3 Å². The number of nitrogens with zero attached hydrogens (tertiary/aromatic N) is 4. The summed E-state index contributed by atoms with van der Waals surface area (Å²) in [4.78, 5) is 6.53. The van der Waals surface area contributed by atoms with Crippen molar-refractivity contribution in [3.63, 3.8) is 0 Å². The lowest BCUT2D eigenvalue weighted by molar-refractivity contribution is 0.0516. The van der Waals surface area contributed by atoms with Gasteiger partial charge in [-0.3, -0.25) is 9.88 Å². The Morgan fingerprint density at radius 2 is 2.14 bits per heavy atom. The quantitative estimate of drug-likeness (QED) is 0.923. The third-order valence-electron chi connectivity index (χ3n) is 4.00. The van der Waals surface area contributed by atoms with E-state index in [4.69, 9.17) is 4.42 Å². The van der Waals surface area contributed by atoms with Crippen LogP contribution in [0.1, 0.15) is 36.4 Å². The third kappa shape index (κ3) is 3.46. The Morgan fingerprint density at radius 3 is 2.76 bits per heavy atom. The molecule has 21 heavy (non-hydrogen) atoms. The fraction of sp³-hybridized carbons (Fsp3) is 0.533. The van der Waals surface area contributed by atoms with E-state index in [1.54, 1.807) is 13.1 Å². The number of hydrogen-bond acceptors (Lipinski definition) is 6. The molecule has 2 aromatic rings. The first kappa shape index (κ1) is 14.2. The van der Waals surface area contributed by atoms with Crippen molar-refractivity contribution in [2.45, 2.75) is 32.4 Å². The van der Waals surface area contributed by atoms with Gasteiger partial charge in [-0.15, -0.1) is 10.2 Å². The fourth-order valence-electron chi connectivity index (χ4n) is 2.81. The average Bonchev–Trinajstić information content (AvgIpc) is 2.93. The van der Waals surface area contributed by atoms with Crippen LogP contribution in [0.5, 0.6) is 0 Å². The number of likely N-dealkylation sites (tertiary alicyclic amines) is 1. The highest BCUT2D eigenvalue weighted by molar-refractivity contribution is 5.08. The highest BCUT2D eigenvalue weighted by Gasteiger charge is 2.27. The molecule has 1 unspecified atom stereocenters. The van der Waals surface area contributed by atoms with Crippen LogP contribution in [0.15, 0.2) is 28.8 Å². The SMILES string of the molecule is Cc1nnc(CN2CCC(C(O)c3ccccn3)CC2)o1. The van der Waals surface area contributed by atoms with Crippen LogP contribution in [-0.4, -0.2) is 38.3 Å². The average molecular weight is 288 g/mol. The molecular formula is C15H20N4O2. The van der Waals surface area contributed by atoms with Crippen molar-refractivity contribution >= 4 is 0 Å². The van der Waals surface area contributed by atoms with E-state index in [-0.39, 0.29) is 5.92 Å². The molecule has 3 rings (SSSR count). The van der Waals surface area contributed by atoms with Crippen molar-refractivity contribution in [1.29, 1.82) is 0 Å². The van der Waals surface area contributed by atoms with Crippen molar-refractivity contribution < 1.29 is 9.52 Å². The first-order chi connectivity index (χ1) is 10.2. The Kier molecular flexibility index (Phi) is 4.26. The maximum absolute atomic E-state index is 10.4. The maximum Gasteiger partial charge on any atom is 0.230 e. The third-order valence-corrected chi connectivity index (χ3v) is 4.00. The number of rotatable bonds is 4. The Balaban J connectivity index is 1.53. The lowest BCUT2D eigenvalue weighted by atomic mass is 9.89. The molecule has 0 spiro atoms. The summed E-state index contributed by atoms with van der Waals surface area (Å²) < 4.78 is 5.41. The number of piperidine rings is 1. The summed E-state index contributed by atoms with van der Waals surface area (Å²) in [5.41, 5.74) is 0.767. The first-order valence-electron chi connectivity index (χ1n) is 7.32. The summed E-state index contributed by atoms with van der Waals surface area (Å²) in [6, 6.07) is 5.67. The molecule has 2 aromatic heterocycles. The number of aliphatic hydroxyl groups excluding tert-OH is 1. The van der Waals surface area contributed by atoms with Crippen LogP contribution in [0, 0.1) is 12.8 Å². The zero-order valence-corrected chi connectivity index (χ0v) is 12.1. The molecule has 0 aromatic carbocycles. The molecule has 1 fully saturated rings. The minimum Gasteiger partial charge on any atom is -0.424 e. The monoisotopic (exact) mass is 288 g/mol. The molecule has 6 nitrogen and oxygen atoms in total. The maximum atomic E-state index is 10.4. The second-order valence-electron chi connectivity index (χ2n) is 5.53. The molecule has 6 heteroatoms. The molecule has 1 saturated heterocycles. The number of hydrogen-bond donors (Lipinski definition) is 1. The molecule has 0 radical (unpaired) electrons. The predicted octanol–water partition coefficient (Wildman–Crippen LogP) is 1.72. The molecule has 112 valence electrons. The van der Waals surface area contributed by atoms with E-state index in [1.165, 1.54) is 0 Å². The lowest BCUT2D eigenvalue weighted by Gasteiger charge is -2.33. The van der Waals surface area contributed by atoms with Crippen LogP contribution in [0.4, 0.5) is 0 Å². The van der Waals surface area contributed by atoms with Gasteiger partial charge in [0, 0.05) is 13.1 Å². The first-order valence-corrected chi connectivity index (χ1v) is 7.32. The Labute approximate surface area is 123 Å². The van der Waals surface area contributed by atoms with Gasteiger partial charge in [0.05, 0.1) is 18.3 Å². The number of pyridine rings is 1. The van der Waals surface area contributed by atoms with Crippen molar-refractivity contribution in [2.24, 2.45) is 5.92 Å². The van der Waals surface area contributed by atoms with Gasteiger partial charge in [-0.25, -0.2) is 0 Å². The standard InChI is InChI=1S/C15H20N4O2/c1-11-17-18-14(21-11)10-19-8-5-12(6-9-19)15(20)13-4-2-3-7-16-13/h2-4,7,12,15,20H,5-6,8-10H2,1H3. The van der Waals surface area contributed by atoms with Crippen molar-refractivity contribution in [3.05, 3.63) is 41.9 Å². The van der Waals surface area contributed by atoms with Crippen LogP contribution >= 0.6 is 0 Å². The minimum atomic E-state index is -0.473. The molecule has 1 N–H and O–H groups in total. The summed E-state index contributed by atoms with van der Waals surface area (Å²) in [6.45, 7) is 4.34. The molecule has 1 atom stereocenters. The van der Waals surface area contributed by atoms with Crippen LogP contribution in [0.25, 0.3) is 0 Å². The van der Waals surface area contributed by atoms with Gasteiger partial charge in [-0.2, -0.15) is 0 Å². The predicted molar refractivity (Wildman–Crippen MR) is 76.2 cm³/mol. The largest absolute Gasteiger partial charge is 0.424 e. The zero-order chi connectivity index (χ0) is 14.7. The molecule has 0 aliphatic carbocycles. The highest BCUT2D eigenvalue weighted by atomic mass is 16.4. The van der Waals surface area contributed by atoms with E-state index >= 15 is 0 Å². The highest BCUT2D eigenvalue weighted by Crippen LogP contribution is 2.29. The summed E-state index contributed by atoms with van der Waals surface area (Å²) >= 11 is 0. The van der Waals surface area contributed by atoms with Gasteiger partial charge in [0.1, 0.15) is 0 Å². The lowest BCUT2D eigenvalue weighted by Crippen LogP contribution is -2.35. The van der Waals surface area contributed by atoms with E-state index < -0.39 is 6.10 Å². The van der Waals surface area contributed by atoms with E-state index in [0.29, 0.717) is 18.3 Å². The van der Waals surface area contributed by atoms with Crippen LogP contribution in [0.3, 0.4) is 0 Å². The normalized spacial score (nSPS) is 18.8. The van der Waals surface area contributed by atoms with Gasteiger partial charge in [0.15, 0.2) is 0 Å². The van der Waals surface area contributed by atoms with Gasteiger partial charge in [0.2, 0.25) is 11.8 Å². The fourth-order valence-corrected chi connectivity index (χ4v) is 2.81. The number of aryl methyl sites for hydroxylation is 1.